The molecule has 1 heterocycles. The van der Waals surface area contributed by atoms with Crippen LogP contribution in [-0.4, -0.2) is 60.4 Å². The summed E-state index contributed by atoms with van der Waals surface area (Å²) in [5.41, 5.74) is 1.38. The van der Waals surface area contributed by atoms with Gasteiger partial charge in [0.25, 0.3) is 11.7 Å². The lowest BCUT2D eigenvalue weighted by Gasteiger charge is -2.26. The van der Waals surface area contributed by atoms with Gasteiger partial charge >= 0.3 is 0 Å². The van der Waals surface area contributed by atoms with Crippen LogP contribution in [-0.2, 0) is 9.59 Å². The molecule has 1 amide bonds. The average molecular weight is 423 g/mol. The van der Waals surface area contributed by atoms with Gasteiger partial charge in [-0.05, 0) is 51.2 Å². The van der Waals surface area contributed by atoms with E-state index in [0.717, 1.165) is 24.9 Å². The van der Waals surface area contributed by atoms with Crippen molar-refractivity contribution in [2.75, 3.05) is 33.8 Å². The number of hydrogen-bond acceptors (Lipinski definition) is 5. The van der Waals surface area contributed by atoms with Crippen molar-refractivity contribution >= 4 is 17.4 Å². The minimum atomic E-state index is -0.656. The van der Waals surface area contributed by atoms with Gasteiger partial charge in [-0.25, -0.2) is 0 Å². The standard InChI is InChI=1S/C25H30N2O4/c1-4-16-31-20-13-8-12-19(17-20)23(28)21-22(18-10-6-5-7-11-18)27(25(30)24(21)29)15-9-14-26(2)3/h5-8,10-13,17,22,28H,4,9,14-16H2,1-3H3/b23-21+. The SMILES string of the molecule is CCCOc1cccc(/C(O)=C2\C(=O)C(=O)N(CCCN(C)C)C2c2ccccc2)c1. The Labute approximate surface area is 183 Å². The molecule has 1 saturated heterocycles. The molecular formula is C25H30N2O4. The lowest BCUT2D eigenvalue weighted by Crippen LogP contribution is -2.32. The van der Waals surface area contributed by atoms with Gasteiger partial charge in [-0.3, -0.25) is 9.59 Å². The van der Waals surface area contributed by atoms with Crippen molar-refractivity contribution in [2.24, 2.45) is 0 Å². The lowest BCUT2D eigenvalue weighted by atomic mass is 9.95. The van der Waals surface area contributed by atoms with Crippen LogP contribution in [0.4, 0.5) is 0 Å². The highest BCUT2D eigenvalue weighted by molar-refractivity contribution is 6.46. The molecule has 0 aliphatic carbocycles. The molecule has 2 aromatic rings. The van der Waals surface area contributed by atoms with Crippen LogP contribution in [0.15, 0.2) is 60.2 Å². The zero-order valence-electron chi connectivity index (χ0n) is 18.4. The molecule has 6 nitrogen and oxygen atoms in total. The minimum Gasteiger partial charge on any atom is -0.507 e. The first kappa shape index (κ1) is 22.6. The summed E-state index contributed by atoms with van der Waals surface area (Å²) in [6.07, 6.45) is 1.59. The number of benzene rings is 2. The summed E-state index contributed by atoms with van der Waals surface area (Å²) in [5.74, 6) is -0.796. The summed E-state index contributed by atoms with van der Waals surface area (Å²) in [5, 5.41) is 11.1. The predicted octanol–water partition coefficient (Wildman–Crippen LogP) is 3.85. The Bertz CT molecular complexity index is 953. The van der Waals surface area contributed by atoms with E-state index < -0.39 is 17.7 Å². The fourth-order valence-electron chi connectivity index (χ4n) is 3.76. The van der Waals surface area contributed by atoms with Crippen molar-refractivity contribution < 1.29 is 19.4 Å². The van der Waals surface area contributed by atoms with E-state index in [1.165, 1.54) is 0 Å². The van der Waals surface area contributed by atoms with E-state index in [1.807, 2.05) is 56.3 Å². The summed E-state index contributed by atoms with van der Waals surface area (Å²) >= 11 is 0. The highest BCUT2D eigenvalue weighted by atomic mass is 16.5. The molecule has 31 heavy (non-hydrogen) atoms. The molecule has 1 unspecified atom stereocenters. The second-order valence-electron chi connectivity index (χ2n) is 7.94. The number of ketones is 1. The molecular weight excluding hydrogens is 392 g/mol. The van der Waals surface area contributed by atoms with Gasteiger partial charge in [0, 0.05) is 12.1 Å². The monoisotopic (exact) mass is 422 g/mol. The van der Waals surface area contributed by atoms with Crippen LogP contribution >= 0.6 is 0 Å². The first-order valence-corrected chi connectivity index (χ1v) is 10.6. The molecule has 3 rings (SSSR count). The van der Waals surface area contributed by atoms with Crippen LogP contribution < -0.4 is 4.74 Å². The van der Waals surface area contributed by atoms with Crippen LogP contribution in [0.25, 0.3) is 5.76 Å². The third-order valence-electron chi connectivity index (χ3n) is 5.24. The zero-order valence-corrected chi connectivity index (χ0v) is 18.4. The van der Waals surface area contributed by atoms with Gasteiger partial charge in [0.2, 0.25) is 0 Å². The molecule has 0 spiro atoms. The molecule has 164 valence electrons. The van der Waals surface area contributed by atoms with Crippen LogP contribution in [0.3, 0.4) is 0 Å². The molecule has 0 radical (unpaired) electrons. The minimum absolute atomic E-state index is 0.119. The molecule has 1 N–H and O–H groups in total. The Hall–Kier alpha value is -3.12. The van der Waals surface area contributed by atoms with Gasteiger partial charge in [-0.1, -0.05) is 49.4 Å². The maximum Gasteiger partial charge on any atom is 0.295 e. The Morgan fingerprint density at radius 2 is 1.84 bits per heavy atom. The van der Waals surface area contributed by atoms with Crippen molar-refractivity contribution in [3.05, 3.63) is 71.3 Å². The molecule has 6 heteroatoms. The normalized spacial score (nSPS) is 18.1. The van der Waals surface area contributed by atoms with Crippen LogP contribution in [0.1, 0.15) is 36.9 Å². The average Bonchev–Trinajstić information content (AvgIpc) is 3.02. The molecule has 1 fully saturated rings. The zero-order chi connectivity index (χ0) is 22.4. The summed E-state index contributed by atoms with van der Waals surface area (Å²) in [4.78, 5) is 29.5. The van der Waals surface area contributed by atoms with E-state index in [9.17, 15) is 14.7 Å². The Balaban J connectivity index is 2.03. The number of carbonyl (C=O) groups excluding carboxylic acids is 2. The number of amides is 1. The number of aliphatic hydroxyl groups excluding tert-OH is 1. The smallest absolute Gasteiger partial charge is 0.295 e. The fourth-order valence-corrected chi connectivity index (χ4v) is 3.76. The largest absolute Gasteiger partial charge is 0.507 e. The number of nitrogens with zero attached hydrogens (tertiary/aromatic N) is 2. The second kappa shape index (κ2) is 10.3. The van der Waals surface area contributed by atoms with Crippen LogP contribution in [0, 0.1) is 0 Å². The van der Waals surface area contributed by atoms with Crippen molar-refractivity contribution in [3.8, 4) is 5.75 Å². The quantitative estimate of drug-likeness (QED) is 0.378. The second-order valence-corrected chi connectivity index (χ2v) is 7.94. The van der Waals surface area contributed by atoms with Gasteiger partial charge in [0.05, 0.1) is 18.2 Å². The Morgan fingerprint density at radius 3 is 2.52 bits per heavy atom. The molecule has 0 aromatic heterocycles. The van der Waals surface area contributed by atoms with Gasteiger partial charge in [-0.2, -0.15) is 0 Å². The molecule has 1 atom stereocenters. The first-order chi connectivity index (χ1) is 14.9. The van der Waals surface area contributed by atoms with Crippen molar-refractivity contribution in [1.29, 1.82) is 0 Å². The first-order valence-electron chi connectivity index (χ1n) is 10.6. The maximum atomic E-state index is 13.0. The number of hydrogen-bond donors (Lipinski definition) is 1. The molecule has 0 saturated carbocycles. The third-order valence-corrected chi connectivity index (χ3v) is 5.24. The van der Waals surface area contributed by atoms with E-state index in [2.05, 4.69) is 0 Å². The highest BCUT2D eigenvalue weighted by Crippen LogP contribution is 2.39. The van der Waals surface area contributed by atoms with E-state index in [4.69, 9.17) is 4.74 Å². The van der Waals surface area contributed by atoms with E-state index in [0.29, 0.717) is 24.5 Å². The van der Waals surface area contributed by atoms with Crippen molar-refractivity contribution in [1.82, 2.24) is 9.80 Å². The topological polar surface area (TPSA) is 70.1 Å². The Morgan fingerprint density at radius 1 is 1.10 bits per heavy atom. The van der Waals surface area contributed by atoms with E-state index in [1.54, 1.807) is 29.2 Å². The van der Waals surface area contributed by atoms with Crippen LogP contribution in [0.2, 0.25) is 0 Å². The Kier molecular flexibility index (Phi) is 7.47. The summed E-state index contributed by atoms with van der Waals surface area (Å²) < 4.78 is 5.66. The number of aliphatic hydroxyl groups is 1. The van der Waals surface area contributed by atoms with Crippen molar-refractivity contribution in [2.45, 2.75) is 25.8 Å². The molecule has 2 aromatic carbocycles. The number of rotatable bonds is 9. The highest BCUT2D eigenvalue weighted by Gasteiger charge is 2.45. The van der Waals surface area contributed by atoms with Gasteiger partial charge in [0.1, 0.15) is 11.5 Å². The maximum absolute atomic E-state index is 13.0. The van der Waals surface area contributed by atoms with Gasteiger partial charge < -0.3 is 19.6 Å². The number of likely N-dealkylation sites (tertiary alicyclic amines) is 1. The van der Waals surface area contributed by atoms with Gasteiger partial charge in [0.15, 0.2) is 0 Å². The van der Waals surface area contributed by atoms with Crippen LogP contribution in [0.5, 0.6) is 5.75 Å². The summed E-state index contributed by atoms with van der Waals surface area (Å²) in [6, 6.07) is 15.8. The molecule has 1 aliphatic heterocycles. The third kappa shape index (κ3) is 5.14. The summed E-state index contributed by atoms with van der Waals surface area (Å²) in [7, 11) is 3.94. The fraction of sp³-hybridized carbons (Fsp3) is 0.360. The number of ether oxygens (including phenoxy) is 1. The predicted molar refractivity (Wildman–Crippen MR) is 121 cm³/mol. The molecule has 1 aliphatic rings. The number of carbonyl (C=O) groups is 2. The lowest BCUT2D eigenvalue weighted by molar-refractivity contribution is -0.139. The number of Topliss-reactive ketones (excluding diaryl/α,β-unsaturated/α-hetero) is 1. The van der Waals surface area contributed by atoms with E-state index >= 15 is 0 Å². The van der Waals surface area contributed by atoms with Crippen molar-refractivity contribution in [3.63, 3.8) is 0 Å². The van der Waals surface area contributed by atoms with Gasteiger partial charge in [-0.15, -0.1) is 0 Å². The van der Waals surface area contributed by atoms with E-state index in [-0.39, 0.29) is 11.3 Å². The molecule has 0 bridgehead atoms. The summed E-state index contributed by atoms with van der Waals surface area (Å²) in [6.45, 7) is 3.80.